The van der Waals surface area contributed by atoms with Crippen LogP contribution in [0.15, 0.2) is 42.5 Å². The smallest absolute Gasteiger partial charge is 0.256 e. The summed E-state index contributed by atoms with van der Waals surface area (Å²) in [5, 5.41) is 3.78. The van der Waals surface area contributed by atoms with E-state index in [2.05, 4.69) is 5.32 Å². The number of nitrogens with one attached hydrogen (secondary N) is 1. The quantitative estimate of drug-likeness (QED) is 0.630. The molecule has 1 aromatic heterocycles. The zero-order valence-electron chi connectivity index (χ0n) is 15.5. The predicted octanol–water partition coefficient (Wildman–Crippen LogP) is 4.38. The Morgan fingerprint density at radius 1 is 1.14 bits per heavy atom. The molecule has 2 aromatic carbocycles. The number of benzene rings is 2. The Kier molecular flexibility index (Phi) is 5.17. The second-order valence-corrected chi connectivity index (χ2v) is 8.09. The first-order chi connectivity index (χ1) is 13.9. The maximum absolute atomic E-state index is 12.6. The number of nitrogens with two attached hydrogens (primary N) is 1. The van der Waals surface area contributed by atoms with Crippen LogP contribution in [0, 0.1) is 6.92 Å². The standard InChI is InChI=1S/C21H17ClN2O4S/c1-11-17(9-12-2-7-15-16(8-12)28-10-27-15)29-21(18(11)19(23)25)24-20(26)13-3-5-14(22)6-4-13/h2-8H,9-10H2,1H3,(H2,23,25)(H,24,26). The predicted molar refractivity (Wildman–Crippen MR) is 112 cm³/mol. The number of anilines is 1. The lowest BCUT2D eigenvalue weighted by Gasteiger charge is -2.05. The zero-order valence-corrected chi connectivity index (χ0v) is 17.0. The fourth-order valence-electron chi connectivity index (χ4n) is 3.13. The molecule has 0 fully saturated rings. The van der Waals surface area contributed by atoms with Gasteiger partial charge in [-0.3, -0.25) is 9.59 Å². The Labute approximate surface area is 176 Å². The summed E-state index contributed by atoms with van der Waals surface area (Å²) in [7, 11) is 0. The van der Waals surface area contributed by atoms with Crippen LogP contribution in [0.1, 0.15) is 36.7 Å². The molecule has 2 amide bonds. The Balaban J connectivity index is 1.62. The molecule has 3 N–H and O–H groups in total. The van der Waals surface area contributed by atoms with Gasteiger partial charge in [-0.1, -0.05) is 17.7 Å². The highest BCUT2D eigenvalue weighted by atomic mass is 35.5. The minimum Gasteiger partial charge on any atom is -0.454 e. The van der Waals surface area contributed by atoms with E-state index >= 15 is 0 Å². The van der Waals surface area contributed by atoms with Crippen LogP contribution >= 0.6 is 22.9 Å². The van der Waals surface area contributed by atoms with E-state index in [1.54, 1.807) is 24.3 Å². The van der Waals surface area contributed by atoms with Crippen LogP contribution in [-0.2, 0) is 6.42 Å². The average molecular weight is 429 g/mol. The Morgan fingerprint density at radius 2 is 1.86 bits per heavy atom. The van der Waals surface area contributed by atoms with E-state index in [1.807, 2.05) is 25.1 Å². The van der Waals surface area contributed by atoms with Gasteiger partial charge in [-0.2, -0.15) is 0 Å². The van der Waals surface area contributed by atoms with Crippen LogP contribution in [0.25, 0.3) is 0 Å². The molecular formula is C21H17ClN2O4S. The molecule has 0 saturated heterocycles. The van der Waals surface area contributed by atoms with Crippen molar-refractivity contribution in [3.8, 4) is 11.5 Å². The van der Waals surface area contributed by atoms with Crippen LogP contribution in [0.5, 0.6) is 11.5 Å². The summed E-state index contributed by atoms with van der Waals surface area (Å²) in [6, 6.07) is 12.2. The lowest BCUT2D eigenvalue weighted by Crippen LogP contribution is -2.17. The average Bonchev–Trinajstić information content (AvgIpc) is 3.26. The molecule has 8 heteroatoms. The minimum atomic E-state index is -0.581. The molecule has 0 bridgehead atoms. The Morgan fingerprint density at radius 3 is 2.59 bits per heavy atom. The summed E-state index contributed by atoms with van der Waals surface area (Å²) >= 11 is 7.21. The lowest BCUT2D eigenvalue weighted by molar-refractivity contribution is 0.100. The third-order valence-corrected chi connectivity index (χ3v) is 6.09. The molecule has 0 radical (unpaired) electrons. The highest BCUT2D eigenvalue weighted by Gasteiger charge is 2.22. The van der Waals surface area contributed by atoms with Crippen molar-refractivity contribution in [2.75, 3.05) is 12.1 Å². The molecule has 0 unspecified atom stereocenters. The summed E-state index contributed by atoms with van der Waals surface area (Å²) in [5.41, 5.74) is 8.12. The minimum absolute atomic E-state index is 0.212. The monoisotopic (exact) mass is 428 g/mol. The van der Waals surface area contributed by atoms with E-state index in [0.717, 1.165) is 16.0 Å². The summed E-state index contributed by atoms with van der Waals surface area (Å²) < 4.78 is 10.8. The number of rotatable bonds is 5. The highest BCUT2D eigenvalue weighted by Crippen LogP contribution is 2.37. The van der Waals surface area contributed by atoms with Crippen LogP contribution in [0.4, 0.5) is 5.00 Å². The van der Waals surface area contributed by atoms with Gasteiger partial charge in [0, 0.05) is 21.9 Å². The molecule has 0 saturated carbocycles. The number of carbonyl (C=O) groups excluding carboxylic acids is 2. The zero-order chi connectivity index (χ0) is 20.5. The fourth-order valence-corrected chi connectivity index (χ4v) is 4.49. The Hall–Kier alpha value is -3.03. The van der Waals surface area contributed by atoms with Crippen LogP contribution in [0.2, 0.25) is 5.02 Å². The number of ether oxygens (including phenoxy) is 2. The van der Waals surface area contributed by atoms with E-state index in [-0.39, 0.29) is 12.7 Å². The van der Waals surface area contributed by atoms with Gasteiger partial charge < -0.3 is 20.5 Å². The van der Waals surface area contributed by atoms with Gasteiger partial charge in [0.1, 0.15) is 5.00 Å². The summed E-state index contributed by atoms with van der Waals surface area (Å²) in [4.78, 5) is 25.6. The molecule has 1 aliphatic heterocycles. The number of primary amides is 1. The van der Waals surface area contributed by atoms with Crippen molar-refractivity contribution in [2.45, 2.75) is 13.3 Å². The van der Waals surface area contributed by atoms with Crippen molar-refractivity contribution >= 4 is 39.8 Å². The molecule has 2 heterocycles. The maximum Gasteiger partial charge on any atom is 0.256 e. The van der Waals surface area contributed by atoms with E-state index in [1.165, 1.54) is 11.3 Å². The molecule has 0 atom stereocenters. The number of carbonyl (C=O) groups is 2. The fraction of sp³-hybridized carbons (Fsp3) is 0.143. The molecule has 29 heavy (non-hydrogen) atoms. The highest BCUT2D eigenvalue weighted by molar-refractivity contribution is 7.17. The van der Waals surface area contributed by atoms with Gasteiger partial charge in [-0.25, -0.2) is 0 Å². The van der Waals surface area contributed by atoms with Crippen LogP contribution in [-0.4, -0.2) is 18.6 Å². The van der Waals surface area contributed by atoms with Crippen LogP contribution < -0.4 is 20.5 Å². The SMILES string of the molecule is Cc1c(Cc2ccc3c(c2)OCO3)sc(NC(=O)c2ccc(Cl)cc2)c1C(N)=O. The van der Waals surface area contributed by atoms with Crippen molar-refractivity contribution in [1.29, 1.82) is 0 Å². The van der Waals surface area contributed by atoms with Gasteiger partial charge in [0.15, 0.2) is 11.5 Å². The molecule has 4 rings (SSSR count). The van der Waals surface area contributed by atoms with Crippen molar-refractivity contribution in [2.24, 2.45) is 5.73 Å². The van der Waals surface area contributed by atoms with E-state index in [0.29, 0.717) is 39.1 Å². The van der Waals surface area contributed by atoms with Crippen molar-refractivity contribution in [1.82, 2.24) is 0 Å². The summed E-state index contributed by atoms with van der Waals surface area (Å²) in [6.07, 6.45) is 0.574. The van der Waals surface area contributed by atoms with Gasteiger partial charge >= 0.3 is 0 Å². The van der Waals surface area contributed by atoms with Crippen molar-refractivity contribution in [3.63, 3.8) is 0 Å². The first-order valence-corrected chi connectivity index (χ1v) is 9.99. The third kappa shape index (κ3) is 3.92. The van der Waals surface area contributed by atoms with Gasteiger partial charge in [0.2, 0.25) is 6.79 Å². The van der Waals surface area contributed by atoms with Gasteiger partial charge in [0.25, 0.3) is 11.8 Å². The molecule has 0 aliphatic carbocycles. The summed E-state index contributed by atoms with van der Waals surface area (Å²) in [5.74, 6) is 0.496. The van der Waals surface area contributed by atoms with Crippen LogP contribution in [0.3, 0.4) is 0 Å². The van der Waals surface area contributed by atoms with Crippen molar-refractivity contribution < 1.29 is 19.1 Å². The second kappa shape index (κ2) is 7.77. The molecular weight excluding hydrogens is 412 g/mol. The largest absolute Gasteiger partial charge is 0.454 e. The third-order valence-electron chi connectivity index (χ3n) is 4.63. The van der Waals surface area contributed by atoms with E-state index < -0.39 is 5.91 Å². The maximum atomic E-state index is 12.6. The molecule has 6 nitrogen and oxygen atoms in total. The number of hydrogen-bond donors (Lipinski definition) is 2. The number of amides is 2. The van der Waals surface area contributed by atoms with Gasteiger partial charge in [-0.05, 0) is 54.4 Å². The first-order valence-electron chi connectivity index (χ1n) is 8.80. The number of halogens is 1. The van der Waals surface area contributed by atoms with E-state index in [9.17, 15) is 9.59 Å². The summed E-state index contributed by atoms with van der Waals surface area (Å²) in [6.45, 7) is 2.04. The molecule has 0 spiro atoms. The molecule has 1 aliphatic rings. The van der Waals surface area contributed by atoms with Gasteiger partial charge in [-0.15, -0.1) is 11.3 Å². The second-order valence-electron chi connectivity index (χ2n) is 6.54. The first kappa shape index (κ1) is 19.3. The number of hydrogen-bond acceptors (Lipinski definition) is 5. The molecule has 148 valence electrons. The Bertz CT molecular complexity index is 1110. The van der Waals surface area contributed by atoms with Gasteiger partial charge in [0.05, 0.1) is 5.56 Å². The lowest BCUT2D eigenvalue weighted by atomic mass is 10.1. The molecule has 3 aromatic rings. The van der Waals surface area contributed by atoms with E-state index in [4.69, 9.17) is 26.8 Å². The number of fused-ring (bicyclic) bond motifs is 1. The normalized spacial score (nSPS) is 12.1. The topological polar surface area (TPSA) is 90.7 Å². The van der Waals surface area contributed by atoms with Crippen molar-refractivity contribution in [3.05, 3.63) is 74.6 Å². The number of thiophene rings is 1.